The standard InChI is InChI=1S/C18H23N3O3/c1-2-11-24-15-12-21(14-7-4-3-5-8-14)20-16(15)17(22)19-13-18(23)9-6-10-18/h3-5,7-8,12,23H,2,6,9-11,13H2,1H3,(H,19,22). The smallest absolute Gasteiger partial charge is 0.275 e. The SMILES string of the molecule is CCCOc1cn(-c2ccccc2)nc1C(=O)NCC1(O)CCC1. The first-order chi connectivity index (χ1) is 11.6. The summed E-state index contributed by atoms with van der Waals surface area (Å²) in [4.78, 5) is 12.5. The lowest BCUT2D eigenvalue weighted by atomic mass is 9.80. The van der Waals surface area contributed by atoms with E-state index in [2.05, 4.69) is 10.4 Å². The lowest BCUT2D eigenvalue weighted by Crippen LogP contribution is -2.47. The zero-order chi connectivity index (χ0) is 17.0. The molecule has 6 heteroatoms. The van der Waals surface area contributed by atoms with Crippen molar-refractivity contribution in [1.29, 1.82) is 0 Å². The summed E-state index contributed by atoms with van der Waals surface area (Å²) in [5.74, 6) is 0.134. The lowest BCUT2D eigenvalue weighted by Gasteiger charge is -2.36. The zero-order valence-corrected chi connectivity index (χ0v) is 13.9. The summed E-state index contributed by atoms with van der Waals surface area (Å²) in [7, 11) is 0. The first-order valence-corrected chi connectivity index (χ1v) is 8.40. The first-order valence-electron chi connectivity index (χ1n) is 8.40. The molecule has 128 valence electrons. The fourth-order valence-corrected chi connectivity index (χ4v) is 2.64. The number of carbonyl (C=O) groups is 1. The minimum Gasteiger partial charge on any atom is -0.489 e. The average Bonchev–Trinajstić information content (AvgIpc) is 3.01. The maximum absolute atomic E-state index is 12.5. The topological polar surface area (TPSA) is 76.4 Å². The van der Waals surface area contributed by atoms with E-state index in [-0.39, 0.29) is 18.1 Å². The summed E-state index contributed by atoms with van der Waals surface area (Å²) in [6.45, 7) is 2.77. The molecule has 1 heterocycles. The summed E-state index contributed by atoms with van der Waals surface area (Å²) < 4.78 is 7.31. The van der Waals surface area contributed by atoms with Gasteiger partial charge in [0.25, 0.3) is 5.91 Å². The molecule has 24 heavy (non-hydrogen) atoms. The fourth-order valence-electron chi connectivity index (χ4n) is 2.64. The van der Waals surface area contributed by atoms with Crippen LogP contribution in [0.5, 0.6) is 5.75 Å². The first kappa shape index (κ1) is 16.5. The van der Waals surface area contributed by atoms with E-state index in [0.29, 0.717) is 12.4 Å². The second-order valence-corrected chi connectivity index (χ2v) is 6.23. The number of amides is 1. The Morgan fingerprint density at radius 1 is 1.38 bits per heavy atom. The van der Waals surface area contributed by atoms with Crippen molar-refractivity contribution in [3.05, 3.63) is 42.2 Å². The van der Waals surface area contributed by atoms with E-state index >= 15 is 0 Å². The number of aliphatic hydroxyl groups is 1. The van der Waals surface area contributed by atoms with Gasteiger partial charge in [0, 0.05) is 6.54 Å². The van der Waals surface area contributed by atoms with Crippen molar-refractivity contribution in [2.75, 3.05) is 13.2 Å². The van der Waals surface area contributed by atoms with Gasteiger partial charge in [0.2, 0.25) is 0 Å². The highest BCUT2D eigenvalue weighted by Gasteiger charge is 2.35. The molecule has 0 spiro atoms. The van der Waals surface area contributed by atoms with Crippen LogP contribution in [0.1, 0.15) is 43.1 Å². The minimum atomic E-state index is -0.762. The molecule has 0 radical (unpaired) electrons. The van der Waals surface area contributed by atoms with Gasteiger partial charge >= 0.3 is 0 Å². The van der Waals surface area contributed by atoms with Crippen LogP contribution in [-0.4, -0.2) is 39.5 Å². The molecule has 0 bridgehead atoms. The van der Waals surface area contributed by atoms with Crippen molar-refractivity contribution < 1.29 is 14.6 Å². The summed E-state index contributed by atoms with van der Waals surface area (Å²) >= 11 is 0. The molecular formula is C18H23N3O3. The van der Waals surface area contributed by atoms with Crippen molar-refractivity contribution in [2.45, 2.75) is 38.2 Å². The molecule has 1 fully saturated rings. The van der Waals surface area contributed by atoms with Gasteiger partial charge in [-0.05, 0) is 37.8 Å². The summed E-state index contributed by atoms with van der Waals surface area (Å²) in [6.07, 6.45) is 5.02. The van der Waals surface area contributed by atoms with E-state index in [4.69, 9.17) is 4.74 Å². The van der Waals surface area contributed by atoms with Crippen LogP contribution < -0.4 is 10.1 Å². The molecule has 1 aromatic carbocycles. The monoisotopic (exact) mass is 329 g/mol. The molecule has 1 amide bonds. The largest absolute Gasteiger partial charge is 0.489 e. The van der Waals surface area contributed by atoms with Crippen LogP contribution in [0, 0.1) is 0 Å². The van der Waals surface area contributed by atoms with E-state index in [1.807, 2.05) is 37.3 Å². The van der Waals surface area contributed by atoms with Crippen molar-refractivity contribution in [3.8, 4) is 11.4 Å². The Bertz CT molecular complexity index is 693. The summed E-state index contributed by atoms with van der Waals surface area (Å²) in [5.41, 5.74) is 0.341. The van der Waals surface area contributed by atoms with Crippen LogP contribution in [0.3, 0.4) is 0 Å². The number of nitrogens with one attached hydrogen (secondary N) is 1. The minimum absolute atomic E-state index is 0.246. The zero-order valence-electron chi connectivity index (χ0n) is 13.9. The predicted octanol–water partition coefficient (Wildman–Crippen LogP) is 2.31. The van der Waals surface area contributed by atoms with Gasteiger partial charge in [-0.1, -0.05) is 25.1 Å². The van der Waals surface area contributed by atoms with E-state index in [9.17, 15) is 9.90 Å². The molecule has 1 saturated carbocycles. The van der Waals surface area contributed by atoms with Crippen LogP contribution in [0.2, 0.25) is 0 Å². The third-order valence-corrected chi connectivity index (χ3v) is 4.24. The van der Waals surface area contributed by atoms with Crippen LogP contribution in [0.25, 0.3) is 5.69 Å². The Balaban J connectivity index is 1.78. The lowest BCUT2D eigenvalue weighted by molar-refractivity contribution is -0.0301. The Kier molecular flexibility index (Phi) is 4.85. The van der Waals surface area contributed by atoms with Gasteiger partial charge in [-0.25, -0.2) is 4.68 Å². The normalized spacial score (nSPS) is 15.6. The van der Waals surface area contributed by atoms with Crippen LogP contribution in [0.4, 0.5) is 0 Å². The second-order valence-electron chi connectivity index (χ2n) is 6.23. The van der Waals surface area contributed by atoms with Gasteiger partial charge in [-0.15, -0.1) is 0 Å². The highest BCUT2D eigenvalue weighted by atomic mass is 16.5. The van der Waals surface area contributed by atoms with E-state index in [0.717, 1.165) is 31.4 Å². The number of hydrogen-bond donors (Lipinski definition) is 2. The average molecular weight is 329 g/mol. The van der Waals surface area contributed by atoms with Crippen molar-refractivity contribution in [1.82, 2.24) is 15.1 Å². The van der Waals surface area contributed by atoms with Gasteiger partial charge < -0.3 is 15.2 Å². The Labute approximate surface area is 141 Å². The number of hydrogen-bond acceptors (Lipinski definition) is 4. The maximum Gasteiger partial charge on any atom is 0.275 e. The molecule has 2 aromatic rings. The fraction of sp³-hybridized carbons (Fsp3) is 0.444. The third kappa shape index (κ3) is 3.59. The number of aromatic nitrogens is 2. The highest BCUT2D eigenvalue weighted by Crippen LogP contribution is 2.30. The van der Waals surface area contributed by atoms with Gasteiger partial charge in [-0.3, -0.25) is 4.79 Å². The number of rotatable bonds is 7. The molecule has 6 nitrogen and oxygen atoms in total. The molecule has 0 unspecified atom stereocenters. The molecule has 3 rings (SSSR count). The third-order valence-electron chi connectivity index (χ3n) is 4.24. The van der Waals surface area contributed by atoms with Crippen LogP contribution in [0.15, 0.2) is 36.5 Å². The van der Waals surface area contributed by atoms with E-state index in [1.165, 1.54) is 0 Å². The van der Waals surface area contributed by atoms with E-state index < -0.39 is 5.60 Å². The molecule has 2 N–H and O–H groups in total. The number of para-hydroxylation sites is 1. The molecule has 1 aliphatic rings. The molecule has 0 saturated heterocycles. The molecule has 0 aliphatic heterocycles. The predicted molar refractivity (Wildman–Crippen MR) is 90.5 cm³/mol. The van der Waals surface area contributed by atoms with Crippen molar-refractivity contribution in [2.24, 2.45) is 0 Å². The van der Waals surface area contributed by atoms with Crippen molar-refractivity contribution >= 4 is 5.91 Å². The van der Waals surface area contributed by atoms with Gasteiger partial charge in [0.05, 0.1) is 24.1 Å². The van der Waals surface area contributed by atoms with Crippen LogP contribution >= 0.6 is 0 Å². The molecule has 1 aliphatic carbocycles. The summed E-state index contributed by atoms with van der Waals surface area (Å²) in [5, 5.41) is 17.3. The second kappa shape index (κ2) is 7.05. The number of ether oxygens (including phenoxy) is 1. The van der Waals surface area contributed by atoms with Gasteiger partial charge in [0.15, 0.2) is 11.4 Å². The molecular weight excluding hydrogens is 306 g/mol. The quantitative estimate of drug-likeness (QED) is 0.817. The Morgan fingerprint density at radius 3 is 2.75 bits per heavy atom. The van der Waals surface area contributed by atoms with Gasteiger partial charge in [-0.2, -0.15) is 5.10 Å². The number of benzene rings is 1. The van der Waals surface area contributed by atoms with Crippen molar-refractivity contribution in [3.63, 3.8) is 0 Å². The van der Waals surface area contributed by atoms with Gasteiger partial charge in [0.1, 0.15) is 0 Å². The number of nitrogens with zero attached hydrogens (tertiary/aromatic N) is 2. The van der Waals surface area contributed by atoms with Crippen LogP contribution in [-0.2, 0) is 0 Å². The number of carbonyl (C=O) groups excluding carboxylic acids is 1. The molecule has 0 atom stereocenters. The maximum atomic E-state index is 12.5. The Morgan fingerprint density at radius 2 is 2.12 bits per heavy atom. The molecule has 1 aromatic heterocycles. The highest BCUT2D eigenvalue weighted by molar-refractivity contribution is 5.95. The van der Waals surface area contributed by atoms with E-state index in [1.54, 1.807) is 10.9 Å². The summed E-state index contributed by atoms with van der Waals surface area (Å²) in [6, 6.07) is 9.57. The Hall–Kier alpha value is -2.34.